The van der Waals surface area contributed by atoms with Crippen LogP contribution in [0.3, 0.4) is 0 Å². The summed E-state index contributed by atoms with van der Waals surface area (Å²) in [6.45, 7) is 2.48. The van der Waals surface area contributed by atoms with Gasteiger partial charge >= 0.3 is 0 Å². The van der Waals surface area contributed by atoms with Crippen molar-refractivity contribution < 1.29 is 10.2 Å². The Morgan fingerprint density at radius 3 is 2.35 bits per heavy atom. The van der Waals surface area contributed by atoms with Crippen molar-refractivity contribution in [3.05, 3.63) is 0 Å². The molecule has 2 heteroatoms. The van der Waals surface area contributed by atoms with E-state index < -0.39 is 11.2 Å². The second kappa shape index (κ2) is 2.42. The van der Waals surface area contributed by atoms with Crippen LogP contribution < -0.4 is 0 Å². The van der Waals surface area contributed by atoms with Crippen molar-refractivity contribution in [3.63, 3.8) is 0 Å². The summed E-state index contributed by atoms with van der Waals surface area (Å²) in [6, 6.07) is 0. The Labute approximate surface area is 137 Å². The molecule has 122 valence electrons. The Morgan fingerprint density at radius 2 is 1.52 bits per heavy atom. The van der Waals surface area contributed by atoms with Gasteiger partial charge in [0.15, 0.2) is 0 Å². The Kier molecular flexibility index (Phi) is 1.21. The average molecular weight is 310 g/mol. The van der Waals surface area contributed by atoms with Gasteiger partial charge in [-0.1, -0.05) is 19.8 Å². The van der Waals surface area contributed by atoms with Gasteiger partial charge in [0.1, 0.15) is 11.2 Å². The minimum absolute atomic E-state index is 0.0707. The molecule has 0 aromatic carbocycles. The molecule has 10 aliphatic carbocycles. The lowest BCUT2D eigenvalue weighted by Gasteiger charge is -2.51. The fourth-order valence-corrected chi connectivity index (χ4v) is 14.4. The molecule has 0 heterocycles. The fraction of sp³-hybridized carbons (Fsp3) is 1.00. The molecule has 10 saturated carbocycles. The molecule has 0 saturated heterocycles. The molecule has 2 nitrogen and oxygen atoms in total. The van der Waals surface area contributed by atoms with E-state index in [4.69, 9.17) is 0 Å². The van der Waals surface area contributed by atoms with Gasteiger partial charge in [-0.2, -0.15) is 0 Å². The van der Waals surface area contributed by atoms with Crippen LogP contribution in [0, 0.1) is 69.5 Å². The van der Waals surface area contributed by atoms with Crippen LogP contribution in [0.25, 0.3) is 0 Å². The summed E-state index contributed by atoms with van der Waals surface area (Å²) in [5.74, 6) is 6.85. The van der Waals surface area contributed by atoms with Crippen LogP contribution in [-0.2, 0) is 0 Å². The molecule has 0 aliphatic heterocycles. The van der Waals surface area contributed by atoms with Gasteiger partial charge in [-0.15, -0.1) is 0 Å². The summed E-state index contributed by atoms with van der Waals surface area (Å²) in [6.07, 6.45) is 7.85. The van der Waals surface area contributed by atoms with Crippen molar-refractivity contribution in [1.29, 1.82) is 0 Å². The Hall–Kier alpha value is -0.0800. The van der Waals surface area contributed by atoms with Crippen LogP contribution in [0.2, 0.25) is 0 Å². The van der Waals surface area contributed by atoms with Crippen LogP contribution in [-0.4, -0.2) is 21.4 Å². The molecule has 23 heavy (non-hydrogen) atoms. The van der Waals surface area contributed by atoms with Crippen molar-refractivity contribution in [2.24, 2.45) is 69.5 Å². The van der Waals surface area contributed by atoms with Crippen LogP contribution in [0.15, 0.2) is 0 Å². The predicted octanol–water partition coefficient (Wildman–Crippen LogP) is 2.44. The fourth-order valence-electron chi connectivity index (χ4n) is 14.4. The van der Waals surface area contributed by atoms with Crippen LogP contribution >= 0.6 is 0 Å². The third kappa shape index (κ3) is 0.532. The first kappa shape index (κ1) is 11.5. The summed E-state index contributed by atoms with van der Waals surface area (Å²) in [7, 11) is 0. The Balaban J connectivity index is 1.55. The zero-order valence-corrected chi connectivity index (χ0v) is 13.8. The first-order chi connectivity index (χ1) is 11.0. The highest BCUT2D eigenvalue weighted by atomic mass is 16.4. The van der Waals surface area contributed by atoms with Gasteiger partial charge < -0.3 is 10.2 Å². The van der Waals surface area contributed by atoms with Gasteiger partial charge in [0.05, 0.1) is 0 Å². The lowest BCUT2D eigenvalue weighted by Crippen LogP contribution is -2.64. The molecule has 10 aliphatic rings. The van der Waals surface area contributed by atoms with Crippen LogP contribution in [0.1, 0.15) is 45.4 Å². The summed E-state index contributed by atoms with van der Waals surface area (Å²) in [5, 5.41) is 25.1. The molecule has 2 N–H and O–H groups in total. The highest BCUT2D eigenvalue weighted by Crippen LogP contribution is 3.07. The molecule has 2 spiro atoms. The SMILES string of the molecule is C[C@@]12[C@H]3[C@H]4[C@@H]5[C@H]6[C@H]7[C@H]4[C@]4(CCC[C@H]34)[C@]1(O)[C@@]7(O)[C@@]1(CCC[C@H]61)[C@H]52. The van der Waals surface area contributed by atoms with E-state index in [-0.39, 0.29) is 16.2 Å². The zero-order chi connectivity index (χ0) is 14.9. The van der Waals surface area contributed by atoms with Gasteiger partial charge in [-0.3, -0.25) is 0 Å². The van der Waals surface area contributed by atoms with E-state index >= 15 is 0 Å². The maximum Gasteiger partial charge on any atom is 0.106 e. The molecule has 10 fully saturated rings. The molecule has 0 unspecified atom stereocenters. The lowest BCUT2D eigenvalue weighted by molar-refractivity contribution is -0.224. The normalized spacial score (nSPS) is 90.7. The average Bonchev–Trinajstić information content (AvgIpc) is 3.26. The van der Waals surface area contributed by atoms with Gasteiger partial charge in [-0.25, -0.2) is 0 Å². The summed E-state index contributed by atoms with van der Waals surface area (Å²) in [4.78, 5) is 0. The summed E-state index contributed by atoms with van der Waals surface area (Å²) < 4.78 is 0. The highest BCUT2D eigenvalue weighted by Gasteiger charge is 3.10. The maximum absolute atomic E-state index is 12.6. The van der Waals surface area contributed by atoms with Crippen LogP contribution in [0.4, 0.5) is 0 Å². The zero-order valence-electron chi connectivity index (χ0n) is 13.8. The van der Waals surface area contributed by atoms with Gasteiger partial charge in [0.2, 0.25) is 0 Å². The van der Waals surface area contributed by atoms with Crippen molar-refractivity contribution in [3.8, 4) is 0 Å². The minimum atomic E-state index is -0.710. The van der Waals surface area contributed by atoms with Crippen molar-refractivity contribution in [1.82, 2.24) is 0 Å². The standard InChI is InChI=1S/C21H26O2/c1-17-13-9-5-3-6-18(9)14-12(13)11-10-8-4-2-7-19(8,16(11)17)20(22,15(10)14)21(17,18)23/h8-16,22-23H,2-7H2,1H3/t8-,9-,10+,11+,12-,13-,14+,15+,16-,17+,18-,19-,20+,21+/m1/s1. The number of rotatable bonds is 0. The molecule has 14 atom stereocenters. The molecule has 0 aromatic rings. The molecule has 10 rings (SSSR count). The molecular weight excluding hydrogens is 284 g/mol. The van der Waals surface area contributed by atoms with E-state index in [0.717, 1.165) is 35.5 Å². The van der Waals surface area contributed by atoms with Crippen molar-refractivity contribution >= 4 is 0 Å². The Morgan fingerprint density at radius 1 is 0.783 bits per heavy atom. The smallest absolute Gasteiger partial charge is 0.106 e. The second-order valence-electron chi connectivity index (χ2n) is 11.6. The highest BCUT2D eigenvalue weighted by molar-refractivity contribution is 5.58. The molecule has 0 aromatic heterocycles. The van der Waals surface area contributed by atoms with Gasteiger partial charge in [0.25, 0.3) is 0 Å². The number of aliphatic hydroxyl groups is 2. The van der Waals surface area contributed by atoms with E-state index in [9.17, 15) is 10.2 Å². The van der Waals surface area contributed by atoms with Gasteiger partial charge in [0, 0.05) is 16.2 Å². The van der Waals surface area contributed by atoms with E-state index in [2.05, 4.69) is 6.92 Å². The number of hydrogen-bond donors (Lipinski definition) is 2. The minimum Gasteiger partial charge on any atom is -0.386 e. The Bertz CT molecular complexity index is 761. The topological polar surface area (TPSA) is 40.5 Å². The lowest BCUT2D eigenvalue weighted by atomic mass is 9.59. The van der Waals surface area contributed by atoms with Gasteiger partial charge in [-0.05, 0) is 78.9 Å². The van der Waals surface area contributed by atoms with Crippen molar-refractivity contribution in [2.45, 2.75) is 56.7 Å². The molecule has 0 amide bonds. The number of hydrogen-bond acceptors (Lipinski definition) is 2. The van der Waals surface area contributed by atoms with Crippen molar-refractivity contribution in [2.75, 3.05) is 0 Å². The van der Waals surface area contributed by atoms with Crippen LogP contribution in [0.5, 0.6) is 0 Å². The van der Waals surface area contributed by atoms with E-state index in [0.29, 0.717) is 17.8 Å². The second-order valence-corrected chi connectivity index (χ2v) is 11.6. The summed E-state index contributed by atoms with van der Waals surface area (Å²) in [5.41, 5.74) is -1.03. The first-order valence-corrected chi connectivity index (χ1v) is 10.5. The third-order valence-electron chi connectivity index (χ3n) is 13.0. The maximum atomic E-state index is 12.6. The molecular formula is C21H26O2. The first-order valence-electron chi connectivity index (χ1n) is 10.5. The molecule has 4 bridgehead atoms. The van der Waals surface area contributed by atoms with E-state index in [1.165, 1.54) is 38.5 Å². The summed E-state index contributed by atoms with van der Waals surface area (Å²) >= 11 is 0. The monoisotopic (exact) mass is 310 g/mol. The van der Waals surface area contributed by atoms with E-state index in [1.54, 1.807) is 0 Å². The quantitative estimate of drug-likeness (QED) is 0.721. The predicted molar refractivity (Wildman–Crippen MR) is 82.0 cm³/mol. The molecule has 0 radical (unpaired) electrons. The largest absolute Gasteiger partial charge is 0.386 e. The van der Waals surface area contributed by atoms with E-state index in [1.807, 2.05) is 0 Å². The third-order valence-corrected chi connectivity index (χ3v) is 13.0.